The number of nitrogens with zero attached hydrogens (tertiary/aromatic N) is 2. The summed E-state index contributed by atoms with van der Waals surface area (Å²) in [6.07, 6.45) is 3.49. The highest BCUT2D eigenvalue weighted by Gasteiger charge is 2.13. The van der Waals surface area contributed by atoms with Gasteiger partial charge < -0.3 is 14.5 Å². The molecular formula is C22H20IN3O2. The van der Waals surface area contributed by atoms with Crippen LogP contribution in [0.1, 0.15) is 23.9 Å². The number of benzene rings is 2. The summed E-state index contributed by atoms with van der Waals surface area (Å²) < 4.78 is 12.4. The van der Waals surface area contributed by atoms with Crippen molar-refractivity contribution in [2.75, 3.05) is 13.2 Å². The zero-order chi connectivity index (χ0) is 20.1. The first kappa shape index (κ1) is 20.0. The Balaban J connectivity index is 2.03. The highest BCUT2D eigenvalue weighted by molar-refractivity contribution is 14.1. The molecule has 0 amide bonds. The third-order valence-electron chi connectivity index (χ3n) is 4.00. The molecule has 0 radical (unpaired) electrons. The van der Waals surface area contributed by atoms with E-state index in [1.807, 2.05) is 44.2 Å². The van der Waals surface area contributed by atoms with Gasteiger partial charge in [0.05, 0.1) is 26.8 Å². The smallest absolute Gasteiger partial charge is 0.174 e. The average molecular weight is 485 g/mol. The van der Waals surface area contributed by atoms with Crippen LogP contribution in [0.25, 0.3) is 22.7 Å². The molecule has 0 aliphatic rings. The third-order valence-corrected chi connectivity index (χ3v) is 4.80. The first-order chi connectivity index (χ1) is 13.5. The quantitative estimate of drug-likeness (QED) is 0.273. The fourth-order valence-corrected chi connectivity index (χ4v) is 3.57. The van der Waals surface area contributed by atoms with Crippen molar-refractivity contribution < 1.29 is 9.47 Å². The fourth-order valence-electron chi connectivity index (χ4n) is 2.79. The molecule has 0 bridgehead atoms. The van der Waals surface area contributed by atoms with E-state index in [9.17, 15) is 5.26 Å². The van der Waals surface area contributed by atoms with E-state index in [0.717, 1.165) is 25.7 Å². The molecule has 0 unspecified atom stereocenters. The molecule has 142 valence electrons. The van der Waals surface area contributed by atoms with Gasteiger partial charge in [0.2, 0.25) is 0 Å². The minimum Gasteiger partial charge on any atom is -0.490 e. The number of nitrogens with one attached hydrogen (secondary N) is 1. The van der Waals surface area contributed by atoms with Gasteiger partial charge in [-0.05, 0) is 77.9 Å². The van der Waals surface area contributed by atoms with Crippen molar-refractivity contribution in [3.05, 3.63) is 63.5 Å². The van der Waals surface area contributed by atoms with E-state index in [-0.39, 0.29) is 0 Å². The lowest BCUT2D eigenvalue weighted by molar-refractivity contribution is 0.295. The second-order valence-electron chi connectivity index (χ2n) is 6.14. The number of H-pyrrole nitrogens is 1. The minimum atomic E-state index is 0.396. The Bertz CT molecular complexity index is 1090. The van der Waals surface area contributed by atoms with Crippen molar-refractivity contribution in [3.8, 4) is 17.6 Å². The van der Waals surface area contributed by atoms with Crippen molar-refractivity contribution in [2.45, 2.75) is 13.8 Å². The largest absolute Gasteiger partial charge is 0.490 e. The van der Waals surface area contributed by atoms with Crippen LogP contribution in [0.15, 0.2) is 43.0 Å². The number of aromatic nitrogens is 2. The lowest BCUT2D eigenvalue weighted by Gasteiger charge is -2.13. The van der Waals surface area contributed by atoms with E-state index < -0.39 is 0 Å². The number of imidazole rings is 1. The van der Waals surface area contributed by atoms with E-state index in [1.54, 1.807) is 12.2 Å². The molecule has 0 atom stereocenters. The molecule has 0 spiro atoms. The highest BCUT2D eigenvalue weighted by Crippen LogP contribution is 2.35. The molecule has 1 heterocycles. The van der Waals surface area contributed by atoms with Crippen LogP contribution in [0, 0.1) is 21.8 Å². The number of ether oxygens (including phenoxy) is 2. The Kier molecular flexibility index (Phi) is 6.37. The summed E-state index contributed by atoms with van der Waals surface area (Å²) in [6.45, 7) is 8.54. The number of hydrogen-bond acceptors (Lipinski definition) is 4. The molecule has 6 heteroatoms. The lowest BCUT2D eigenvalue weighted by Crippen LogP contribution is -2.01. The Morgan fingerprint density at radius 2 is 2.14 bits per heavy atom. The Labute approximate surface area is 177 Å². The van der Waals surface area contributed by atoms with Crippen LogP contribution < -0.4 is 9.47 Å². The van der Waals surface area contributed by atoms with Crippen LogP contribution in [0.2, 0.25) is 0 Å². The summed E-state index contributed by atoms with van der Waals surface area (Å²) in [5, 5.41) is 9.69. The van der Waals surface area contributed by atoms with Crippen LogP contribution in [0.3, 0.4) is 0 Å². The molecule has 3 aromatic rings. The summed E-state index contributed by atoms with van der Waals surface area (Å²) in [6, 6.07) is 12.0. The number of fused-ring (bicyclic) bond motifs is 1. The Hall–Kier alpha value is -2.79. The summed E-state index contributed by atoms with van der Waals surface area (Å²) in [4.78, 5) is 7.78. The monoisotopic (exact) mass is 485 g/mol. The number of nitriles is 1. The van der Waals surface area contributed by atoms with Gasteiger partial charge in [-0.25, -0.2) is 4.98 Å². The van der Waals surface area contributed by atoms with E-state index in [1.165, 1.54) is 0 Å². The normalized spacial score (nSPS) is 11.3. The summed E-state index contributed by atoms with van der Waals surface area (Å²) >= 11 is 2.20. The van der Waals surface area contributed by atoms with E-state index >= 15 is 0 Å². The van der Waals surface area contributed by atoms with Gasteiger partial charge >= 0.3 is 0 Å². The molecule has 28 heavy (non-hydrogen) atoms. The van der Waals surface area contributed by atoms with Crippen molar-refractivity contribution in [1.29, 1.82) is 5.26 Å². The SMILES string of the molecule is C=CCOc1c(I)cc(/C=C(/C#N)c2nc3ccc(C)cc3[nH]2)cc1OCC. The molecular weight excluding hydrogens is 465 g/mol. The third kappa shape index (κ3) is 4.37. The average Bonchev–Trinajstić information content (AvgIpc) is 3.08. The van der Waals surface area contributed by atoms with E-state index in [2.05, 4.69) is 45.2 Å². The maximum absolute atomic E-state index is 9.69. The number of allylic oxidation sites excluding steroid dienone is 1. The van der Waals surface area contributed by atoms with Crippen LogP contribution in [-0.4, -0.2) is 23.2 Å². The summed E-state index contributed by atoms with van der Waals surface area (Å²) in [5.41, 5.74) is 4.17. The maximum atomic E-state index is 9.69. The summed E-state index contributed by atoms with van der Waals surface area (Å²) in [7, 11) is 0. The molecule has 1 aromatic heterocycles. The van der Waals surface area contributed by atoms with Gasteiger partial charge in [-0.3, -0.25) is 0 Å². The lowest BCUT2D eigenvalue weighted by atomic mass is 10.1. The van der Waals surface area contributed by atoms with Crippen molar-refractivity contribution >= 4 is 45.3 Å². The predicted molar refractivity (Wildman–Crippen MR) is 120 cm³/mol. The highest BCUT2D eigenvalue weighted by atomic mass is 127. The van der Waals surface area contributed by atoms with Gasteiger partial charge in [-0.2, -0.15) is 5.26 Å². The second kappa shape index (κ2) is 8.93. The molecule has 5 nitrogen and oxygen atoms in total. The van der Waals surface area contributed by atoms with Crippen molar-refractivity contribution in [2.24, 2.45) is 0 Å². The number of aryl methyl sites for hydroxylation is 1. The van der Waals surface area contributed by atoms with Gasteiger partial charge in [-0.15, -0.1) is 0 Å². The van der Waals surface area contributed by atoms with Gasteiger partial charge in [0.25, 0.3) is 0 Å². The van der Waals surface area contributed by atoms with Gasteiger partial charge in [-0.1, -0.05) is 18.7 Å². The zero-order valence-electron chi connectivity index (χ0n) is 15.8. The molecule has 0 aliphatic carbocycles. The second-order valence-corrected chi connectivity index (χ2v) is 7.30. The molecule has 0 saturated carbocycles. The molecule has 3 rings (SSSR count). The van der Waals surface area contributed by atoms with E-state index in [4.69, 9.17) is 9.47 Å². The van der Waals surface area contributed by atoms with Crippen LogP contribution in [-0.2, 0) is 0 Å². The van der Waals surface area contributed by atoms with Gasteiger partial charge in [0, 0.05) is 0 Å². The van der Waals surface area contributed by atoms with Crippen LogP contribution in [0.5, 0.6) is 11.5 Å². The number of aromatic amines is 1. The number of halogens is 1. The van der Waals surface area contributed by atoms with Crippen LogP contribution in [0.4, 0.5) is 0 Å². The molecule has 1 N–H and O–H groups in total. The predicted octanol–water partition coefficient (Wildman–Crippen LogP) is 5.50. The first-order valence-corrected chi connectivity index (χ1v) is 9.92. The Morgan fingerprint density at radius 1 is 1.32 bits per heavy atom. The maximum Gasteiger partial charge on any atom is 0.174 e. The molecule has 0 aliphatic heterocycles. The fraction of sp³-hybridized carbons (Fsp3) is 0.182. The van der Waals surface area contributed by atoms with E-state index in [0.29, 0.717) is 36.1 Å². The summed E-state index contributed by atoms with van der Waals surface area (Å²) in [5.74, 6) is 1.86. The molecule has 0 saturated heterocycles. The van der Waals surface area contributed by atoms with Gasteiger partial charge in [0.1, 0.15) is 18.5 Å². The number of hydrogen-bond donors (Lipinski definition) is 1. The first-order valence-electron chi connectivity index (χ1n) is 8.84. The standard InChI is InChI=1S/C22H20IN3O2/c1-4-8-28-21-17(23)11-15(12-20(21)27-5-2)10-16(13-24)22-25-18-7-6-14(3)9-19(18)26-22/h4,6-7,9-12H,1,5,8H2,2-3H3,(H,25,26)/b16-10-. The Morgan fingerprint density at radius 3 is 2.86 bits per heavy atom. The minimum absolute atomic E-state index is 0.396. The number of rotatable bonds is 7. The molecule has 2 aromatic carbocycles. The topological polar surface area (TPSA) is 70.9 Å². The van der Waals surface area contributed by atoms with Gasteiger partial charge in [0.15, 0.2) is 11.5 Å². The zero-order valence-corrected chi connectivity index (χ0v) is 17.9. The van der Waals surface area contributed by atoms with Crippen LogP contribution >= 0.6 is 22.6 Å². The van der Waals surface area contributed by atoms with Crippen molar-refractivity contribution in [1.82, 2.24) is 9.97 Å². The van der Waals surface area contributed by atoms with Crippen molar-refractivity contribution in [3.63, 3.8) is 0 Å². The molecule has 0 fully saturated rings.